The first kappa shape index (κ1) is 31.8. The Morgan fingerprint density at radius 1 is 0.621 bits per heavy atom. The van der Waals surface area contributed by atoms with Gasteiger partial charge in [0.15, 0.2) is 0 Å². The first-order valence-corrected chi connectivity index (χ1v) is 8.89. The fourth-order valence-corrected chi connectivity index (χ4v) is 1.87. The summed E-state index contributed by atoms with van der Waals surface area (Å²) in [5.74, 6) is -5.15. The van der Waals surface area contributed by atoms with Gasteiger partial charge in [-0.25, -0.2) is 4.79 Å². The summed E-state index contributed by atoms with van der Waals surface area (Å²) in [6.45, 7) is 4.23. The highest BCUT2D eigenvalue weighted by Crippen LogP contribution is 1.77. The van der Waals surface area contributed by atoms with E-state index in [4.69, 9.17) is 35.7 Å². The largest absolute Gasteiger partial charge is 0.871 e. The van der Waals surface area contributed by atoms with E-state index in [1.807, 2.05) is 0 Å². The van der Waals surface area contributed by atoms with Crippen molar-refractivity contribution in [3.8, 4) is 0 Å². The van der Waals surface area contributed by atoms with E-state index in [-0.39, 0.29) is 45.7 Å². The van der Waals surface area contributed by atoms with Crippen molar-refractivity contribution in [1.82, 2.24) is 0 Å². The first-order chi connectivity index (χ1) is 13.7. The van der Waals surface area contributed by atoms with E-state index in [9.17, 15) is 19.8 Å². The highest BCUT2D eigenvalue weighted by molar-refractivity contribution is 5.90. The van der Waals surface area contributed by atoms with Crippen molar-refractivity contribution in [2.24, 2.45) is 0 Å². The molecule has 13 nitrogen and oxygen atoms in total. The molecule has 0 aliphatic heterocycles. The predicted molar refractivity (Wildman–Crippen MR) is 94.4 cm³/mol. The fraction of sp³-hybridized carbons (Fsp3) is 0.750. The van der Waals surface area contributed by atoms with Crippen LogP contribution in [0.3, 0.4) is 0 Å². The number of carbonyl (C=O) groups is 2. The summed E-state index contributed by atoms with van der Waals surface area (Å²) in [6, 6.07) is 0. The van der Waals surface area contributed by atoms with E-state index in [1.54, 1.807) is 0 Å². The number of aliphatic hydroxyl groups is 6. The zero-order chi connectivity index (χ0) is 23.1. The van der Waals surface area contributed by atoms with Crippen LogP contribution < -0.4 is 20.0 Å². The van der Waals surface area contributed by atoms with Crippen molar-refractivity contribution in [3.63, 3.8) is 0 Å². The number of aliphatic hydroxyl groups excluding tert-OH is 6. The third kappa shape index (κ3) is 26.2. The van der Waals surface area contributed by atoms with Crippen LogP contribution in [0, 0.1) is 0 Å². The van der Waals surface area contributed by atoms with E-state index >= 15 is 0 Å². The van der Waals surface area contributed by atoms with Gasteiger partial charge in [-0.1, -0.05) is 5.76 Å². The lowest BCUT2D eigenvalue weighted by atomic mass is 10.4. The number of rotatable bonds is 14. The smallest absolute Gasteiger partial charge is 0.327 e. The Hall–Kier alpha value is -1.84. The van der Waals surface area contributed by atoms with E-state index in [0.717, 1.165) is 9.80 Å². The molecular formula is C16H34N2O11. The van der Waals surface area contributed by atoms with Crippen LogP contribution in [0.25, 0.3) is 0 Å². The van der Waals surface area contributed by atoms with Gasteiger partial charge in [0.2, 0.25) is 0 Å². The molecule has 0 unspecified atom stereocenters. The first-order valence-electron chi connectivity index (χ1n) is 8.89. The SMILES string of the molecule is O=C(O)/C=C(/[O-])C(=O)[O-].OCC[NH+](CCO)CCO.OCC[NH+](CCO)CCO. The second-order valence-corrected chi connectivity index (χ2v) is 5.48. The molecule has 0 aromatic rings. The molecule has 0 aromatic carbocycles. The van der Waals surface area contributed by atoms with Gasteiger partial charge >= 0.3 is 5.97 Å². The molecule has 0 radical (unpaired) electrons. The predicted octanol–water partition coefficient (Wildman–Crippen LogP) is -9.24. The molecule has 0 atom stereocenters. The molecule has 0 spiro atoms. The number of nitrogens with one attached hydrogen (secondary N) is 2. The summed E-state index contributed by atoms with van der Waals surface area (Å²) in [4.78, 5) is 21.1. The Kier molecular flexibility index (Phi) is 26.6. The Balaban J connectivity index is -0.000000350. The summed E-state index contributed by atoms with van der Waals surface area (Å²) in [6.07, 6.45) is 0.0231. The molecule has 9 N–H and O–H groups in total. The summed E-state index contributed by atoms with van der Waals surface area (Å²) >= 11 is 0. The molecule has 0 saturated carbocycles. The number of hydrogen-bond acceptors (Lipinski definition) is 10. The van der Waals surface area contributed by atoms with Crippen LogP contribution in [0.2, 0.25) is 0 Å². The molecule has 29 heavy (non-hydrogen) atoms. The monoisotopic (exact) mass is 430 g/mol. The van der Waals surface area contributed by atoms with Gasteiger partial charge in [0.1, 0.15) is 39.3 Å². The minimum atomic E-state index is -2.02. The molecule has 0 amide bonds. The van der Waals surface area contributed by atoms with E-state index in [1.165, 1.54) is 0 Å². The van der Waals surface area contributed by atoms with Gasteiger partial charge in [-0.3, -0.25) is 0 Å². The minimum Gasteiger partial charge on any atom is -0.871 e. The van der Waals surface area contributed by atoms with E-state index in [2.05, 4.69) is 0 Å². The third-order valence-electron chi connectivity index (χ3n) is 3.25. The Bertz CT molecular complexity index is 375. The molecule has 0 rings (SSSR count). The molecule has 0 aliphatic carbocycles. The lowest BCUT2D eigenvalue weighted by Gasteiger charge is -2.15. The van der Waals surface area contributed by atoms with Gasteiger partial charge in [-0.2, -0.15) is 0 Å². The zero-order valence-electron chi connectivity index (χ0n) is 16.3. The van der Waals surface area contributed by atoms with Crippen LogP contribution in [0.4, 0.5) is 0 Å². The standard InChI is InChI=1S/2C6H15NO3.C4H4O5/c2*8-4-1-7(2-5-9)3-6-10;5-2(4(8)9)1-3(6)7/h2*8-10H,1-6H2;1,5H,(H,6,7)(H,8,9)/b;;2-1+. The van der Waals surface area contributed by atoms with Crippen molar-refractivity contribution in [3.05, 3.63) is 11.8 Å². The fourth-order valence-electron chi connectivity index (χ4n) is 1.87. The maximum Gasteiger partial charge on any atom is 0.327 e. The summed E-state index contributed by atoms with van der Waals surface area (Å²) in [5.41, 5.74) is 0. The lowest BCUT2D eigenvalue weighted by Crippen LogP contribution is -3.13. The van der Waals surface area contributed by atoms with Gasteiger partial charge in [0, 0.05) is 6.08 Å². The van der Waals surface area contributed by atoms with Crippen LogP contribution in [-0.4, -0.2) is 127 Å². The second-order valence-electron chi connectivity index (χ2n) is 5.48. The number of quaternary nitrogens is 2. The normalized spacial score (nSPS) is 10.8. The van der Waals surface area contributed by atoms with E-state index < -0.39 is 17.7 Å². The average molecular weight is 430 g/mol. The van der Waals surface area contributed by atoms with Gasteiger partial charge in [-0.05, 0) is 0 Å². The maximum atomic E-state index is 9.85. The highest BCUT2D eigenvalue weighted by Gasteiger charge is 2.04. The zero-order valence-corrected chi connectivity index (χ0v) is 16.3. The summed E-state index contributed by atoms with van der Waals surface area (Å²) in [5, 5.41) is 78.1. The Morgan fingerprint density at radius 3 is 0.966 bits per heavy atom. The van der Waals surface area contributed by atoms with Crippen LogP contribution in [0.5, 0.6) is 0 Å². The number of aliphatic carboxylic acids is 2. The quantitative estimate of drug-likeness (QED) is 0.0927. The maximum absolute atomic E-state index is 9.85. The molecule has 174 valence electrons. The number of hydrogen-bond donors (Lipinski definition) is 9. The number of carboxylic acid groups (broad SMARTS) is 2. The molecule has 0 fully saturated rings. The van der Waals surface area contributed by atoms with Crippen molar-refractivity contribution in [1.29, 1.82) is 0 Å². The molecule has 13 heteroatoms. The molecule has 0 aliphatic rings. The van der Waals surface area contributed by atoms with Crippen LogP contribution >= 0.6 is 0 Å². The van der Waals surface area contributed by atoms with Crippen molar-refractivity contribution < 1.29 is 65.3 Å². The minimum absolute atomic E-state index is 0.0231. The molecule has 0 heterocycles. The van der Waals surface area contributed by atoms with Gasteiger partial charge in [0.05, 0.1) is 45.6 Å². The molecule has 0 bridgehead atoms. The summed E-state index contributed by atoms with van der Waals surface area (Å²) in [7, 11) is 0. The van der Waals surface area contributed by atoms with E-state index in [0.29, 0.717) is 39.3 Å². The molecule has 0 saturated heterocycles. The van der Waals surface area contributed by atoms with Crippen LogP contribution in [0.1, 0.15) is 0 Å². The Labute approximate surface area is 169 Å². The molecular weight excluding hydrogens is 396 g/mol. The topological polar surface area (TPSA) is 231 Å². The van der Waals surface area contributed by atoms with Gasteiger partial charge in [-0.15, -0.1) is 0 Å². The van der Waals surface area contributed by atoms with Crippen LogP contribution in [0.15, 0.2) is 11.8 Å². The summed E-state index contributed by atoms with van der Waals surface area (Å²) < 4.78 is 0. The van der Waals surface area contributed by atoms with Crippen LogP contribution in [-0.2, 0) is 9.59 Å². The van der Waals surface area contributed by atoms with Gasteiger partial charge < -0.3 is 60.6 Å². The highest BCUT2D eigenvalue weighted by atomic mass is 16.4. The van der Waals surface area contributed by atoms with Gasteiger partial charge in [0.25, 0.3) is 0 Å². The lowest BCUT2D eigenvalue weighted by molar-refractivity contribution is -0.901. The van der Waals surface area contributed by atoms with Crippen molar-refractivity contribution >= 4 is 11.9 Å². The molecule has 0 aromatic heterocycles. The average Bonchev–Trinajstić information content (AvgIpc) is 2.63. The van der Waals surface area contributed by atoms with Crippen molar-refractivity contribution in [2.75, 3.05) is 78.9 Å². The van der Waals surface area contributed by atoms with Crippen molar-refractivity contribution in [2.45, 2.75) is 0 Å². The number of carboxylic acids is 2. The Morgan fingerprint density at radius 2 is 0.862 bits per heavy atom. The second kappa shape index (κ2) is 24.2. The third-order valence-corrected chi connectivity index (χ3v) is 3.25. The number of carbonyl (C=O) groups excluding carboxylic acids is 1.